The fraction of sp³-hybridized carbons (Fsp3) is 0.750. The molecule has 1 aromatic heterocycles. The number of rotatable bonds is 6. The van der Waals surface area contributed by atoms with Crippen LogP contribution in [0, 0.1) is 19.3 Å². The van der Waals surface area contributed by atoms with Crippen molar-refractivity contribution in [2.24, 2.45) is 11.1 Å². The van der Waals surface area contributed by atoms with E-state index in [0.29, 0.717) is 19.6 Å². The summed E-state index contributed by atoms with van der Waals surface area (Å²) in [5, 5.41) is 4.02. The summed E-state index contributed by atoms with van der Waals surface area (Å²) in [5.74, 6) is -0.0848. The second kappa shape index (κ2) is 6.26. The van der Waals surface area contributed by atoms with Crippen LogP contribution in [-0.2, 0) is 16.0 Å². The summed E-state index contributed by atoms with van der Waals surface area (Å²) < 4.78 is 5.66. The molecule has 1 saturated carbocycles. The van der Waals surface area contributed by atoms with Gasteiger partial charge in [-0.3, -0.25) is 4.79 Å². The predicted molar refractivity (Wildman–Crippen MR) is 89.0 cm³/mol. The Balaban J connectivity index is 1.87. The first-order valence-corrected chi connectivity index (χ1v) is 8.65. The van der Waals surface area contributed by atoms with Gasteiger partial charge in [-0.2, -0.15) is 0 Å². The molecule has 2 rings (SSSR count). The normalized spacial score (nSPS) is 26.5. The van der Waals surface area contributed by atoms with Crippen LogP contribution in [0.5, 0.6) is 0 Å². The lowest BCUT2D eigenvalue weighted by Crippen LogP contribution is -2.75. The van der Waals surface area contributed by atoms with Crippen LogP contribution >= 0.6 is 11.3 Å². The van der Waals surface area contributed by atoms with Gasteiger partial charge in [0.2, 0.25) is 5.91 Å². The first kappa shape index (κ1) is 17.4. The number of ether oxygens (including phenoxy) is 1. The van der Waals surface area contributed by atoms with Crippen LogP contribution in [0.15, 0.2) is 0 Å². The second-order valence-electron chi connectivity index (χ2n) is 6.60. The van der Waals surface area contributed by atoms with Gasteiger partial charge < -0.3 is 15.8 Å². The number of aryl methyl sites for hydroxylation is 2. The van der Waals surface area contributed by atoms with Crippen LogP contribution in [0.4, 0.5) is 0 Å². The van der Waals surface area contributed by atoms with Crippen molar-refractivity contribution >= 4 is 17.2 Å². The lowest BCUT2D eigenvalue weighted by Gasteiger charge is -2.57. The third-order valence-electron chi connectivity index (χ3n) is 4.93. The van der Waals surface area contributed by atoms with E-state index in [2.05, 4.69) is 17.2 Å². The van der Waals surface area contributed by atoms with Crippen LogP contribution in [0.1, 0.15) is 42.8 Å². The minimum Gasteiger partial charge on any atom is -0.378 e. The summed E-state index contributed by atoms with van der Waals surface area (Å²) in [6.07, 6.45) is 1.38. The number of nitrogens with two attached hydrogens (primary N) is 1. The maximum atomic E-state index is 12.5. The molecule has 0 radical (unpaired) electrons. The van der Waals surface area contributed by atoms with E-state index in [-0.39, 0.29) is 17.4 Å². The molecule has 124 valence electrons. The van der Waals surface area contributed by atoms with Gasteiger partial charge in [-0.1, -0.05) is 13.8 Å². The van der Waals surface area contributed by atoms with Crippen LogP contribution in [-0.4, -0.2) is 35.7 Å². The van der Waals surface area contributed by atoms with E-state index in [4.69, 9.17) is 10.5 Å². The Labute approximate surface area is 136 Å². The summed E-state index contributed by atoms with van der Waals surface area (Å²) in [6, 6.07) is 0. The van der Waals surface area contributed by atoms with E-state index in [9.17, 15) is 4.79 Å². The van der Waals surface area contributed by atoms with Gasteiger partial charge in [-0.05, 0) is 20.8 Å². The van der Waals surface area contributed by atoms with Gasteiger partial charge in [0.05, 0.1) is 16.8 Å². The van der Waals surface area contributed by atoms with Gasteiger partial charge >= 0.3 is 0 Å². The van der Waals surface area contributed by atoms with E-state index in [1.165, 1.54) is 4.88 Å². The van der Waals surface area contributed by atoms with Crippen molar-refractivity contribution in [2.45, 2.75) is 59.1 Å². The number of aromatic nitrogens is 1. The highest BCUT2D eigenvalue weighted by atomic mass is 32.1. The summed E-state index contributed by atoms with van der Waals surface area (Å²) in [7, 11) is 0. The molecule has 22 heavy (non-hydrogen) atoms. The van der Waals surface area contributed by atoms with E-state index in [1.54, 1.807) is 11.3 Å². The molecule has 1 amide bonds. The summed E-state index contributed by atoms with van der Waals surface area (Å²) in [4.78, 5) is 18.2. The Bertz CT molecular complexity index is 536. The van der Waals surface area contributed by atoms with Crippen molar-refractivity contribution in [2.75, 3.05) is 13.2 Å². The highest BCUT2D eigenvalue weighted by molar-refractivity contribution is 7.11. The van der Waals surface area contributed by atoms with E-state index < -0.39 is 5.54 Å². The zero-order chi connectivity index (χ0) is 16.5. The maximum Gasteiger partial charge on any atom is 0.240 e. The van der Waals surface area contributed by atoms with Gasteiger partial charge in [-0.25, -0.2) is 4.98 Å². The monoisotopic (exact) mass is 325 g/mol. The molecule has 3 N–H and O–H groups in total. The minimum atomic E-state index is -0.846. The SMILES string of the molecule is CCOC1CC(N)(C(=O)NCCc2nc(C)c(C)s2)C1(C)C. The molecule has 0 bridgehead atoms. The molecule has 1 aromatic rings. The summed E-state index contributed by atoms with van der Waals surface area (Å²) in [6.45, 7) is 11.3. The number of thiazole rings is 1. The minimum absolute atomic E-state index is 0.0533. The topological polar surface area (TPSA) is 77.2 Å². The molecule has 1 heterocycles. The van der Waals surface area contributed by atoms with Crippen molar-refractivity contribution in [1.82, 2.24) is 10.3 Å². The Kier molecular flexibility index (Phi) is 4.94. The highest BCUT2D eigenvalue weighted by Gasteiger charge is 2.62. The van der Waals surface area contributed by atoms with E-state index >= 15 is 0 Å². The van der Waals surface area contributed by atoms with Gasteiger partial charge in [-0.15, -0.1) is 11.3 Å². The lowest BCUT2D eigenvalue weighted by atomic mass is 9.54. The highest BCUT2D eigenvalue weighted by Crippen LogP contribution is 2.49. The van der Waals surface area contributed by atoms with Crippen molar-refractivity contribution in [3.8, 4) is 0 Å². The molecule has 0 spiro atoms. The number of amides is 1. The quantitative estimate of drug-likeness (QED) is 0.838. The molecule has 0 aliphatic heterocycles. The first-order chi connectivity index (χ1) is 10.2. The molecule has 1 aliphatic carbocycles. The van der Waals surface area contributed by atoms with Gasteiger partial charge in [0.15, 0.2) is 0 Å². The van der Waals surface area contributed by atoms with Crippen molar-refractivity contribution in [3.05, 3.63) is 15.6 Å². The van der Waals surface area contributed by atoms with Gasteiger partial charge in [0, 0.05) is 36.3 Å². The lowest BCUT2D eigenvalue weighted by molar-refractivity contribution is -0.170. The number of nitrogens with zero attached hydrogens (tertiary/aromatic N) is 1. The molecule has 1 fully saturated rings. The molecule has 2 unspecified atom stereocenters. The molecule has 0 saturated heterocycles. The Morgan fingerprint density at radius 2 is 2.18 bits per heavy atom. The third-order valence-corrected chi connectivity index (χ3v) is 6.07. The Morgan fingerprint density at radius 3 is 2.68 bits per heavy atom. The number of carbonyl (C=O) groups excluding carboxylic acids is 1. The van der Waals surface area contributed by atoms with Crippen molar-refractivity contribution in [3.63, 3.8) is 0 Å². The standard InChI is InChI=1S/C16H27N3O2S/c1-6-21-12-9-16(17,15(12,4)5)14(20)18-8-7-13-19-10(2)11(3)22-13/h12H,6-9,17H2,1-5H3,(H,18,20). The smallest absolute Gasteiger partial charge is 0.240 e. The molecule has 5 nitrogen and oxygen atoms in total. The zero-order valence-corrected chi connectivity index (χ0v) is 15.0. The molecule has 2 atom stereocenters. The first-order valence-electron chi connectivity index (χ1n) is 7.84. The average molecular weight is 325 g/mol. The third kappa shape index (κ3) is 2.92. The molecule has 0 aromatic carbocycles. The maximum absolute atomic E-state index is 12.5. The number of hydrogen-bond acceptors (Lipinski definition) is 5. The molecule has 6 heteroatoms. The van der Waals surface area contributed by atoms with Crippen LogP contribution in [0.3, 0.4) is 0 Å². The fourth-order valence-corrected chi connectivity index (χ4v) is 3.84. The van der Waals surface area contributed by atoms with Crippen LogP contribution in [0.25, 0.3) is 0 Å². The van der Waals surface area contributed by atoms with Crippen LogP contribution in [0.2, 0.25) is 0 Å². The largest absolute Gasteiger partial charge is 0.378 e. The van der Waals surface area contributed by atoms with Crippen molar-refractivity contribution in [1.29, 1.82) is 0 Å². The number of carbonyl (C=O) groups is 1. The zero-order valence-electron chi connectivity index (χ0n) is 14.2. The number of nitrogens with one attached hydrogen (secondary N) is 1. The molecular formula is C16H27N3O2S. The van der Waals surface area contributed by atoms with Crippen molar-refractivity contribution < 1.29 is 9.53 Å². The molecule has 1 aliphatic rings. The van der Waals surface area contributed by atoms with E-state index in [0.717, 1.165) is 17.1 Å². The summed E-state index contributed by atoms with van der Waals surface area (Å²) in [5.41, 5.74) is 6.23. The van der Waals surface area contributed by atoms with Gasteiger partial charge in [0.1, 0.15) is 5.54 Å². The van der Waals surface area contributed by atoms with Gasteiger partial charge in [0.25, 0.3) is 0 Å². The Morgan fingerprint density at radius 1 is 1.50 bits per heavy atom. The van der Waals surface area contributed by atoms with E-state index in [1.807, 2.05) is 27.7 Å². The molecular weight excluding hydrogens is 298 g/mol. The Hall–Kier alpha value is -0.980. The predicted octanol–water partition coefficient (Wildman–Crippen LogP) is 1.95. The number of hydrogen-bond donors (Lipinski definition) is 2. The summed E-state index contributed by atoms with van der Waals surface area (Å²) >= 11 is 1.69. The second-order valence-corrected chi connectivity index (χ2v) is 7.88. The average Bonchev–Trinajstić information content (AvgIpc) is 2.77. The van der Waals surface area contributed by atoms with Crippen LogP contribution < -0.4 is 11.1 Å². The fourth-order valence-electron chi connectivity index (χ4n) is 2.91.